The van der Waals surface area contributed by atoms with Crippen LogP contribution in [-0.2, 0) is 0 Å². The monoisotopic (exact) mass is 286 g/mol. The van der Waals surface area contributed by atoms with Crippen LogP contribution in [-0.4, -0.2) is 30.5 Å². The van der Waals surface area contributed by atoms with E-state index < -0.39 is 12.7 Å². The lowest BCUT2D eigenvalue weighted by Gasteiger charge is -2.22. The lowest BCUT2D eigenvalue weighted by atomic mass is 10.4. The molecule has 0 N–H and O–H groups in total. The molecule has 0 aromatic carbocycles. The van der Waals surface area contributed by atoms with Gasteiger partial charge in [0.05, 0.1) is 0 Å². The summed E-state index contributed by atoms with van der Waals surface area (Å²) >= 11 is 6.48. The Labute approximate surface area is 105 Å². The van der Waals surface area contributed by atoms with Gasteiger partial charge in [-0.1, -0.05) is 29.9 Å². The third-order valence-corrected chi connectivity index (χ3v) is 3.28. The Morgan fingerprint density at radius 3 is 2.59 bits per heavy atom. The Bertz CT molecular complexity index is 394. The number of hydrogen-bond donors (Lipinski definition) is 0. The zero-order valence-electron chi connectivity index (χ0n) is 8.92. The van der Waals surface area contributed by atoms with Crippen LogP contribution in [0, 0.1) is 0 Å². The first-order chi connectivity index (χ1) is 7.87. The highest BCUT2D eigenvalue weighted by atomic mass is 35.5. The van der Waals surface area contributed by atoms with Gasteiger partial charge in [-0.15, -0.1) is 0 Å². The molecule has 17 heavy (non-hydrogen) atoms. The highest BCUT2D eigenvalue weighted by molar-refractivity contribution is 7.17. The number of alkyl halides is 3. The predicted octanol–water partition coefficient (Wildman–Crippen LogP) is 3.39. The molecule has 1 rings (SSSR count). The Kier molecular flexibility index (Phi) is 4.76. The maximum Gasteiger partial charge on any atom is 0.406 e. The van der Waals surface area contributed by atoms with E-state index in [0.29, 0.717) is 12.7 Å². The number of nitrogens with zero attached hydrogens (tertiary/aromatic N) is 2. The standard InChI is InChI=1S/C9H10ClF3N2OS/c1-2-3-15(5-9(11,12)13)8-14-7(10)6(4-16)17-8/h4H,2-3,5H2,1H3. The molecule has 0 aliphatic carbocycles. The van der Waals surface area contributed by atoms with Crippen LogP contribution in [0.5, 0.6) is 0 Å². The molecule has 0 atom stereocenters. The molecule has 0 bridgehead atoms. The van der Waals surface area contributed by atoms with Crippen molar-refractivity contribution in [2.75, 3.05) is 18.0 Å². The molecular formula is C9H10ClF3N2OS. The molecule has 1 aromatic heterocycles. The largest absolute Gasteiger partial charge is 0.406 e. The SMILES string of the molecule is CCCN(CC(F)(F)F)c1nc(Cl)c(C=O)s1. The molecule has 0 radical (unpaired) electrons. The van der Waals surface area contributed by atoms with Gasteiger partial charge in [0, 0.05) is 6.54 Å². The first-order valence-corrected chi connectivity index (χ1v) is 6.00. The van der Waals surface area contributed by atoms with Crippen LogP contribution in [0.15, 0.2) is 0 Å². The number of aromatic nitrogens is 1. The molecule has 1 heterocycles. The molecule has 8 heteroatoms. The zero-order valence-corrected chi connectivity index (χ0v) is 10.5. The van der Waals surface area contributed by atoms with Gasteiger partial charge in [-0.2, -0.15) is 13.2 Å². The molecule has 0 fully saturated rings. The summed E-state index contributed by atoms with van der Waals surface area (Å²) in [4.78, 5) is 15.5. The Balaban J connectivity index is 2.92. The number of carbonyl (C=O) groups is 1. The Morgan fingerprint density at radius 1 is 1.53 bits per heavy atom. The van der Waals surface area contributed by atoms with Gasteiger partial charge in [-0.05, 0) is 6.42 Å². The van der Waals surface area contributed by atoms with Gasteiger partial charge >= 0.3 is 6.18 Å². The smallest absolute Gasteiger partial charge is 0.339 e. The highest BCUT2D eigenvalue weighted by Crippen LogP contribution is 2.30. The minimum absolute atomic E-state index is 0.0525. The summed E-state index contributed by atoms with van der Waals surface area (Å²) in [5, 5.41) is 0.0690. The third-order valence-electron chi connectivity index (χ3n) is 1.84. The number of rotatable bonds is 5. The molecular weight excluding hydrogens is 277 g/mol. The second kappa shape index (κ2) is 5.68. The van der Waals surface area contributed by atoms with E-state index in [9.17, 15) is 18.0 Å². The third kappa shape index (κ3) is 4.16. The van der Waals surface area contributed by atoms with Crippen molar-refractivity contribution in [2.24, 2.45) is 0 Å². The second-order valence-electron chi connectivity index (χ2n) is 3.31. The van der Waals surface area contributed by atoms with Crippen molar-refractivity contribution in [3.05, 3.63) is 10.0 Å². The van der Waals surface area contributed by atoms with Crippen LogP contribution < -0.4 is 4.90 Å². The topological polar surface area (TPSA) is 33.2 Å². The van der Waals surface area contributed by atoms with Crippen LogP contribution >= 0.6 is 22.9 Å². The van der Waals surface area contributed by atoms with Gasteiger partial charge in [0.25, 0.3) is 0 Å². The summed E-state index contributed by atoms with van der Waals surface area (Å²) in [6.07, 6.45) is -3.28. The van der Waals surface area contributed by atoms with Gasteiger partial charge in [0.15, 0.2) is 16.6 Å². The van der Waals surface area contributed by atoms with E-state index in [1.54, 1.807) is 6.92 Å². The molecule has 0 aliphatic heterocycles. The van der Waals surface area contributed by atoms with Crippen LogP contribution in [0.3, 0.4) is 0 Å². The average molecular weight is 287 g/mol. The van der Waals surface area contributed by atoms with E-state index in [-0.39, 0.29) is 21.7 Å². The van der Waals surface area contributed by atoms with Gasteiger partial charge in [0.2, 0.25) is 0 Å². The summed E-state index contributed by atoms with van der Waals surface area (Å²) in [7, 11) is 0. The average Bonchev–Trinajstić information content (AvgIpc) is 2.57. The van der Waals surface area contributed by atoms with Gasteiger partial charge < -0.3 is 4.90 Å². The molecule has 3 nitrogen and oxygen atoms in total. The van der Waals surface area contributed by atoms with Crippen molar-refractivity contribution in [2.45, 2.75) is 19.5 Å². The lowest BCUT2D eigenvalue weighted by molar-refractivity contribution is -0.119. The van der Waals surface area contributed by atoms with Crippen molar-refractivity contribution >= 4 is 34.4 Å². The van der Waals surface area contributed by atoms with E-state index >= 15 is 0 Å². The van der Waals surface area contributed by atoms with Gasteiger partial charge in [-0.25, -0.2) is 4.98 Å². The van der Waals surface area contributed by atoms with E-state index in [2.05, 4.69) is 4.98 Å². The minimum Gasteiger partial charge on any atom is -0.339 e. The Hall–Kier alpha value is -0.820. The summed E-state index contributed by atoms with van der Waals surface area (Å²) in [6.45, 7) is 0.879. The fraction of sp³-hybridized carbons (Fsp3) is 0.556. The molecule has 0 spiro atoms. The van der Waals surface area contributed by atoms with Gasteiger partial charge in [-0.3, -0.25) is 4.79 Å². The minimum atomic E-state index is -4.31. The highest BCUT2D eigenvalue weighted by Gasteiger charge is 2.32. The number of thiazole rings is 1. The molecule has 0 saturated heterocycles. The van der Waals surface area contributed by atoms with E-state index in [1.165, 1.54) is 0 Å². The van der Waals surface area contributed by atoms with Gasteiger partial charge in [0.1, 0.15) is 11.4 Å². The number of aldehydes is 1. The number of anilines is 1. The first-order valence-electron chi connectivity index (χ1n) is 4.80. The number of hydrogen-bond acceptors (Lipinski definition) is 4. The summed E-state index contributed by atoms with van der Waals surface area (Å²) < 4.78 is 37.0. The molecule has 96 valence electrons. The first kappa shape index (κ1) is 14.2. The summed E-state index contributed by atoms with van der Waals surface area (Å²) in [6, 6.07) is 0. The molecule has 0 amide bonds. The molecule has 1 aromatic rings. The van der Waals surface area contributed by atoms with Crippen LogP contribution in [0.25, 0.3) is 0 Å². The summed E-state index contributed by atoms with van der Waals surface area (Å²) in [5.41, 5.74) is 0. The Morgan fingerprint density at radius 2 is 2.18 bits per heavy atom. The van der Waals surface area contributed by atoms with E-state index in [0.717, 1.165) is 16.2 Å². The molecule has 0 saturated carbocycles. The number of halogens is 4. The fourth-order valence-corrected chi connectivity index (χ4v) is 2.33. The fourth-order valence-electron chi connectivity index (χ4n) is 1.24. The van der Waals surface area contributed by atoms with Crippen molar-refractivity contribution in [3.63, 3.8) is 0 Å². The normalized spacial score (nSPS) is 11.6. The summed E-state index contributed by atoms with van der Waals surface area (Å²) in [5.74, 6) is 0. The van der Waals surface area contributed by atoms with Crippen LogP contribution in [0.1, 0.15) is 23.0 Å². The van der Waals surface area contributed by atoms with Crippen molar-refractivity contribution in [1.29, 1.82) is 0 Å². The molecule has 0 aliphatic rings. The maximum atomic E-state index is 12.3. The lowest BCUT2D eigenvalue weighted by Crippen LogP contribution is -2.34. The second-order valence-corrected chi connectivity index (χ2v) is 4.67. The van der Waals surface area contributed by atoms with Crippen molar-refractivity contribution < 1.29 is 18.0 Å². The van der Waals surface area contributed by atoms with Crippen LogP contribution in [0.4, 0.5) is 18.3 Å². The maximum absolute atomic E-state index is 12.3. The predicted molar refractivity (Wildman–Crippen MR) is 61.1 cm³/mol. The quantitative estimate of drug-likeness (QED) is 0.778. The zero-order chi connectivity index (χ0) is 13.1. The van der Waals surface area contributed by atoms with E-state index in [4.69, 9.17) is 11.6 Å². The number of carbonyl (C=O) groups excluding carboxylic acids is 1. The van der Waals surface area contributed by atoms with Crippen molar-refractivity contribution in [3.8, 4) is 0 Å². The van der Waals surface area contributed by atoms with E-state index in [1.807, 2.05) is 0 Å². The van der Waals surface area contributed by atoms with Crippen LogP contribution in [0.2, 0.25) is 5.15 Å². The molecule has 0 unspecified atom stereocenters. The van der Waals surface area contributed by atoms with Crippen molar-refractivity contribution in [1.82, 2.24) is 4.98 Å².